The summed E-state index contributed by atoms with van der Waals surface area (Å²) in [7, 11) is 0. The topological polar surface area (TPSA) is 41.6 Å². The number of hydrogen-bond acceptors (Lipinski definition) is 3. The van der Waals surface area contributed by atoms with E-state index in [1.165, 1.54) is 23.5 Å². The van der Waals surface area contributed by atoms with Crippen LogP contribution < -0.4 is 10.1 Å². The molecule has 2 amide bonds. The molecule has 2 aromatic rings. The zero-order valence-electron chi connectivity index (χ0n) is 14.8. The molecule has 1 unspecified atom stereocenters. The van der Waals surface area contributed by atoms with Crippen molar-refractivity contribution in [2.24, 2.45) is 0 Å². The minimum atomic E-state index is -4.38. The number of alkyl halides is 3. The molecule has 0 aliphatic carbocycles. The Kier molecular flexibility index (Phi) is 7.38. The second kappa shape index (κ2) is 9.32. The first-order chi connectivity index (χ1) is 12.7. The van der Waals surface area contributed by atoms with Gasteiger partial charge in [0, 0.05) is 11.4 Å². The molecule has 1 heterocycles. The summed E-state index contributed by atoms with van der Waals surface area (Å²) in [6.07, 6.45) is -4.38. The van der Waals surface area contributed by atoms with E-state index in [2.05, 4.69) is 10.1 Å². The Bertz CT molecular complexity index is 750. The van der Waals surface area contributed by atoms with Crippen LogP contribution in [0.25, 0.3) is 0 Å². The van der Waals surface area contributed by atoms with Gasteiger partial charge in [-0.1, -0.05) is 23.7 Å². The fourth-order valence-corrected chi connectivity index (χ4v) is 3.43. The molecule has 9 heteroatoms. The maximum Gasteiger partial charge on any atom is 0.422 e. The van der Waals surface area contributed by atoms with Crippen molar-refractivity contribution in [1.82, 2.24) is 10.2 Å². The minimum absolute atomic E-state index is 0.124. The van der Waals surface area contributed by atoms with Crippen LogP contribution in [-0.4, -0.2) is 30.3 Å². The number of nitrogens with one attached hydrogen (secondary N) is 1. The predicted octanol–water partition coefficient (Wildman–Crippen LogP) is 5.64. The highest BCUT2D eigenvalue weighted by Crippen LogP contribution is 2.24. The lowest BCUT2D eigenvalue weighted by molar-refractivity contribution is -0.153. The average molecular weight is 421 g/mol. The number of ether oxygens (including phenoxy) is 1. The van der Waals surface area contributed by atoms with E-state index < -0.39 is 12.8 Å². The van der Waals surface area contributed by atoms with Crippen molar-refractivity contribution in [1.29, 1.82) is 0 Å². The van der Waals surface area contributed by atoms with Gasteiger partial charge in [0.1, 0.15) is 5.75 Å². The number of nitrogens with zero attached hydrogens (tertiary/aromatic N) is 1. The van der Waals surface area contributed by atoms with Gasteiger partial charge in [0.2, 0.25) is 0 Å². The van der Waals surface area contributed by atoms with Crippen molar-refractivity contribution in [3.63, 3.8) is 0 Å². The van der Waals surface area contributed by atoms with Gasteiger partial charge in [0.25, 0.3) is 0 Å². The van der Waals surface area contributed by atoms with Crippen LogP contribution in [0.2, 0.25) is 4.34 Å². The van der Waals surface area contributed by atoms with Crippen LogP contribution in [0.1, 0.15) is 30.3 Å². The number of amides is 2. The number of carbonyl (C=O) groups is 1. The third-order valence-corrected chi connectivity index (χ3v) is 4.98. The standard InChI is InChI=1S/C18H20ClF3N2O2S/c1-3-24(10-15-8-9-16(19)27-15)17(25)23-12(2)13-4-6-14(7-5-13)26-11-18(20,21)22/h4-9,12H,3,10-11H2,1-2H3,(H,23,25). The first-order valence-corrected chi connectivity index (χ1v) is 9.46. The van der Waals surface area contributed by atoms with E-state index in [9.17, 15) is 18.0 Å². The van der Waals surface area contributed by atoms with Crippen molar-refractivity contribution >= 4 is 29.0 Å². The fourth-order valence-electron chi connectivity index (χ4n) is 2.33. The summed E-state index contributed by atoms with van der Waals surface area (Å²) in [5, 5.41) is 2.89. The Hall–Kier alpha value is -1.93. The highest BCUT2D eigenvalue weighted by molar-refractivity contribution is 7.16. The molecule has 0 fully saturated rings. The SMILES string of the molecule is CCN(Cc1ccc(Cl)s1)C(=O)NC(C)c1ccc(OCC(F)(F)F)cc1. The molecule has 27 heavy (non-hydrogen) atoms. The quantitative estimate of drug-likeness (QED) is 0.630. The molecule has 0 aliphatic rings. The third-order valence-electron chi connectivity index (χ3n) is 3.77. The number of carbonyl (C=O) groups excluding carboxylic acids is 1. The Morgan fingerprint density at radius 3 is 2.44 bits per heavy atom. The molecule has 1 aromatic carbocycles. The fraction of sp³-hybridized carbons (Fsp3) is 0.389. The number of rotatable bonds is 7. The number of urea groups is 1. The maximum atomic E-state index is 12.5. The second-order valence-electron chi connectivity index (χ2n) is 5.86. The van der Waals surface area contributed by atoms with E-state index in [1.54, 1.807) is 30.0 Å². The van der Waals surface area contributed by atoms with Crippen molar-refractivity contribution in [2.75, 3.05) is 13.2 Å². The van der Waals surface area contributed by atoms with Crippen molar-refractivity contribution in [3.8, 4) is 5.75 Å². The van der Waals surface area contributed by atoms with Gasteiger partial charge in [-0.25, -0.2) is 4.79 Å². The first kappa shape index (κ1) is 21.4. The van der Waals surface area contributed by atoms with Gasteiger partial charge in [0.05, 0.1) is 16.9 Å². The molecule has 0 aliphatic heterocycles. The second-order valence-corrected chi connectivity index (χ2v) is 7.66. The van der Waals surface area contributed by atoms with Crippen LogP contribution in [0.15, 0.2) is 36.4 Å². The molecule has 0 bridgehead atoms. The van der Waals surface area contributed by atoms with Crippen molar-refractivity contribution in [3.05, 3.63) is 51.2 Å². The zero-order chi connectivity index (χ0) is 20.0. The van der Waals surface area contributed by atoms with Crippen molar-refractivity contribution in [2.45, 2.75) is 32.6 Å². The number of benzene rings is 1. The molecule has 2 rings (SSSR count). The zero-order valence-corrected chi connectivity index (χ0v) is 16.4. The molecular weight excluding hydrogens is 401 g/mol. The Morgan fingerprint density at radius 1 is 1.26 bits per heavy atom. The predicted molar refractivity (Wildman–Crippen MR) is 100 cm³/mol. The van der Waals surface area contributed by atoms with Gasteiger partial charge < -0.3 is 15.0 Å². The summed E-state index contributed by atoms with van der Waals surface area (Å²) >= 11 is 7.34. The molecule has 1 aromatic heterocycles. The summed E-state index contributed by atoms with van der Waals surface area (Å²) in [6, 6.07) is 9.30. The third kappa shape index (κ3) is 6.95. The van der Waals surface area contributed by atoms with Gasteiger partial charge in [-0.3, -0.25) is 0 Å². The smallest absolute Gasteiger partial charge is 0.422 e. The number of hydrogen-bond donors (Lipinski definition) is 1. The summed E-state index contributed by atoms with van der Waals surface area (Å²) in [5.41, 5.74) is 0.762. The van der Waals surface area contributed by atoms with Crippen LogP contribution in [-0.2, 0) is 6.54 Å². The lowest BCUT2D eigenvalue weighted by Crippen LogP contribution is -2.40. The monoisotopic (exact) mass is 420 g/mol. The van der Waals surface area contributed by atoms with Crippen LogP contribution in [0.4, 0.5) is 18.0 Å². The molecule has 0 radical (unpaired) electrons. The van der Waals surface area contributed by atoms with Gasteiger partial charge >= 0.3 is 12.2 Å². The average Bonchev–Trinajstić information content (AvgIpc) is 3.02. The molecule has 0 saturated carbocycles. The highest BCUT2D eigenvalue weighted by atomic mass is 35.5. The van der Waals surface area contributed by atoms with Gasteiger partial charge in [-0.15, -0.1) is 11.3 Å². The maximum absolute atomic E-state index is 12.5. The summed E-state index contributed by atoms with van der Waals surface area (Å²) < 4.78 is 41.9. The largest absolute Gasteiger partial charge is 0.484 e. The van der Waals surface area contributed by atoms with Crippen LogP contribution in [0.3, 0.4) is 0 Å². The van der Waals surface area contributed by atoms with Gasteiger partial charge in [-0.2, -0.15) is 13.2 Å². The normalized spacial score (nSPS) is 12.5. The molecule has 1 atom stereocenters. The van der Waals surface area contributed by atoms with E-state index >= 15 is 0 Å². The van der Waals surface area contributed by atoms with E-state index in [1.807, 2.05) is 13.0 Å². The van der Waals surface area contributed by atoms with E-state index in [0.29, 0.717) is 17.4 Å². The lowest BCUT2D eigenvalue weighted by atomic mass is 10.1. The number of halogens is 4. The highest BCUT2D eigenvalue weighted by Gasteiger charge is 2.28. The van der Waals surface area contributed by atoms with Gasteiger partial charge in [0.15, 0.2) is 6.61 Å². The number of thiophene rings is 1. The van der Waals surface area contributed by atoms with Crippen molar-refractivity contribution < 1.29 is 22.7 Å². The summed E-state index contributed by atoms with van der Waals surface area (Å²) in [4.78, 5) is 15.1. The van der Waals surface area contributed by atoms with Crippen LogP contribution >= 0.6 is 22.9 Å². The Balaban J connectivity index is 1.92. The Labute approximate surface area is 164 Å². The van der Waals surface area contributed by atoms with E-state index in [0.717, 1.165) is 10.4 Å². The molecule has 0 spiro atoms. The van der Waals surface area contributed by atoms with Crippen LogP contribution in [0.5, 0.6) is 5.75 Å². The molecule has 1 N–H and O–H groups in total. The Morgan fingerprint density at radius 2 is 1.93 bits per heavy atom. The van der Waals surface area contributed by atoms with E-state index in [-0.39, 0.29) is 17.8 Å². The lowest BCUT2D eigenvalue weighted by Gasteiger charge is -2.24. The van der Waals surface area contributed by atoms with Gasteiger partial charge in [-0.05, 0) is 43.7 Å². The van der Waals surface area contributed by atoms with E-state index in [4.69, 9.17) is 11.6 Å². The first-order valence-electron chi connectivity index (χ1n) is 8.27. The molecular formula is C18H20ClF3N2O2S. The summed E-state index contributed by atoms with van der Waals surface area (Å²) in [6.45, 7) is 3.33. The van der Waals surface area contributed by atoms with Crippen LogP contribution in [0, 0.1) is 0 Å². The molecule has 148 valence electrons. The molecule has 0 saturated heterocycles. The molecule has 4 nitrogen and oxygen atoms in total. The minimum Gasteiger partial charge on any atom is -0.484 e. The summed E-state index contributed by atoms with van der Waals surface area (Å²) in [5.74, 6) is 0.124.